The number of hydrogen-bond acceptors (Lipinski definition) is 4. The Labute approximate surface area is 73.9 Å². The van der Waals surface area contributed by atoms with E-state index in [4.69, 9.17) is 9.84 Å². The van der Waals surface area contributed by atoms with Crippen LogP contribution in [-0.2, 0) is 4.74 Å². The fraction of sp³-hybridized carbons (Fsp3) is 0.250. The number of carbonyl (C=O) groups is 1. The van der Waals surface area contributed by atoms with Crippen molar-refractivity contribution in [3.8, 4) is 5.88 Å². The molecule has 1 aliphatic rings. The molecule has 5 heteroatoms. The largest absolute Gasteiger partial charge is 0.506 e. The summed E-state index contributed by atoms with van der Waals surface area (Å²) in [6.07, 6.45) is -0.256. The van der Waals surface area contributed by atoms with E-state index in [1.807, 2.05) is 0 Å². The van der Waals surface area contributed by atoms with Gasteiger partial charge in [0.25, 0.3) is 0 Å². The molecule has 0 amide bonds. The predicted octanol–water partition coefficient (Wildman–Crippen LogP) is 1.21. The Kier molecular flexibility index (Phi) is 1.77. The lowest BCUT2D eigenvalue weighted by Crippen LogP contribution is -2.10. The summed E-state index contributed by atoms with van der Waals surface area (Å²) in [6, 6.07) is 3.45. The van der Waals surface area contributed by atoms with E-state index in [1.165, 1.54) is 0 Å². The lowest BCUT2D eigenvalue weighted by Gasteiger charge is -2.05. The van der Waals surface area contributed by atoms with Gasteiger partial charge >= 0.3 is 6.16 Å². The van der Waals surface area contributed by atoms with Crippen LogP contribution < -0.4 is 4.74 Å². The van der Waals surface area contributed by atoms with Crippen molar-refractivity contribution in [1.29, 1.82) is 0 Å². The van der Waals surface area contributed by atoms with Crippen molar-refractivity contribution in [2.24, 2.45) is 0 Å². The van der Waals surface area contributed by atoms with Crippen LogP contribution in [0.3, 0.4) is 0 Å². The number of rotatable bonds is 1. The van der Waals surface area contributed by atoms with Crippen LogP contribution in [0.5, 0.6) is 5.88 Å². The third-order valence-corrected chi connectivity index (χ3v) is 1.76. The third-order valence-electron chi connectivity index (χ3n) is 1.76. The van der Waals surface area contributed by atoms with Gasteiger partial charge in [-0.2, -0.15) is 0 Å². The van der Waals surface area contributed by atoms with Gasteiger partial charge in [0, 0.05) is 6.20 Å². The van der Waals surface area contributed by atoms with E-state index < -0.39 is 12.3 Å². The van der Waals surface area contributed by atoms with Crippen LogP contribution in [0.15, 0.2) is 18.3 Å². The number of pyridine rings is 1. The van der Waals surface area contributed by atoms with Crippen LogP contribution >= 0.6 is 0 Å². The number of carboxylic acid groups (broad SMARTS) is 1. The molecule has 5 nitrogen and oxygen atoms in total. The molecule has 0 saturated carbocycles. The van der Waals surface area contributed by atoms with Gasteiger partial charge < -0.3 is 14.6 Å². The number of fused-ring (bicyclic) bond motifs is 1. The summed E-state index contributed by atoms with van der Waals surface area (Å²) in [5, 5.41) is 8.40. The van der Waals surface area contributed by atoms with E-state index in [-0.39, 0.29) is 6.61 Å². The Balaban J connectivity index is 2.23. The Hall–Kier alpha value is -1.78. The molecule has 0 saturated heterocycles. The zero-order valence-electron chi connectivity index (χ0n) is 6.64. The molecule has 0 aromatic carbocycles. The van der Waals surface area contributed by atoms with Crippen LogP contribution in [0.2, 0.25) is 0 Å². The van der Waals surface area contributed by atoms with Gasteiger partial charge in [-0.3, -0.25) is 0 Å². The van der Waals surface area contributed by atoms with Crippen molar-refractivity contribution in [2.45, 2.75) is 6.10 Å². The average molecular weight is 181 g/mol. The second-order valence-corrected chi connectivity index (χ2v) is 2.58. The molecule has 0 fully saturated rings. The van der Waals surface area contributed by atoms with Crippen molar-refractivity contribution in [1.82, 2.24) is 4.98 Å². The van der Waals surface area contributed by atoms with E-state index in [1.54, 1.807) is 18.3 Å². The number of aromatic nitrogens is 1. The molecule has 1 aliphatic heterocycles. The van der Waals surface area contributed by atoms with Crippen molar-refractivity contribution in [3.63, 3.8) is 0 Å². The zero-order chi connectivity index (χ0) is 9.26. The standard InChI is InChI=1S/C8H7NO4/c10-8(11)13-6-4-12-7-5(6)2-1-3-9-7/h1-3,6H,4H2,(H,10,11)/t6-/m1/s1. The number of nitrogens with zero attached hydrogens (tertiary/aromatic N) is 1. The Morgan fingerprint density at radius 3 is 3.38 bits per heavy atom. The molecule has 1 aromatic rings. The molecule has 1 aromatic heterocycles. The molecule has 0 aliphatic carbocycles. The average Bonchev–Trinajstić information content (AvgIpc) is 2.48. The SMILES string of the molecule is O=C(O)O[C@@H]1COc2ncccc21. The van der Waals surface area contributed by atoms with Gasteiger partial charge in [-0.25, -0.2) is 9.78 Å². The van der Waals surface area contributed by atoms with Gasteiger partial charge in [0.15, 0.2) is 6.10 Å². The zero-order valence-corrected chi connectivity index (χ0v) is 6.64. The lowest BCUT2D eigenvalue weighted by molar-refractivity contribution is 0.0418. The lowest BCUT2D eigenvalue weighted by atomic mass is 10.2. The van der Waals surface area contributed by atoms with Gasteiger partial charge in [0.1, 0.15) is 6.61 Å². The van der Waals surface area contributed by atoms with E-state index >= 15 is 0 Å². The first-order chi connectivity index (χ1) is 6.27. The molecule has 1 atom stereocenters. The maximum absolute atomic E-state index is 10.3. The minimum absolute atomic E-state index is 0.207. The first-order valence-electron chi connectivity index (χ1n) is 3.74. The van der Waals surface area contributed by atoms with E-state index in [9.17, 15) is 4.79 Å². The second kappa shape index (κ2) is 2.93. The molecule has 68 valence electrons. The minimum atomic E-state index is -1.30. The molecule has 0 bridgehead atoms. The van der Waals surface area contributed by atoms with Crippen LogP contribution in [0.4, 0.5) is 4.79 Å². The summed E-state index contributed by atoms with van der Waals surface area (Å²) >= 11 is 0. The highest BCUT2D eigenvalue weighted by molar-refractivity contribution is 5.57. The molecule has 0 spiro atoms. The third kappa shape index (κ3) is 1.40. The monoisotopic (exact) mass is 181 g/mol. The Morgan fingerprint density at radius 1 is 1.77 bits per heavy atom. The van der Waals surface area contributed by atoms with Crippen molar-refractivity contribution >= 4 is 6.16 Å². The first kappa shape index (κ1) is 7.85. The number of hydrogen-bond donors (Lipinski definition) is 1. The molecular weight excluding hydrogens is 174 g/mol. The summed E-state index contributed by atoms with van der Waals surface area (Å²) in [6.45, 7) is 0.207. The molecule has 1 N–H and O–H groups in total. The fourth-order valence-corrected chi connectivity index (χ4v) is 1.23. The summed E-state index contributed by atoms with van der Waals surface area (Å²) < 4.78 is 9.70. The second-order valence-electron chi connectivity index (χ2n) is 2.58. The number of ether oxygens (including phenoxy) is 2. The van der Waals surface area contributed by atoms with Crippen LogP contribution in [0.25, 0.3) is 0 Å². The van der Waals surface area contributed by atoms with E-state index in [0.29, 0.717) is 11.4 Å². The van der Waals surface area contributed by atoms with Crippen LogP contribution in [0.1, 0.15) is 11.7 Å². The molecule has 2 heterocycles. The quantitative estimate of drug-likeness (QED) is 0.659. The van der Waals surface area contributed by atoms with E-state index in [0.717, 1.165) is 0 Å². The Morgan fingerprint density at radius 2 is 2.62 bits per heavy atom. The van der Waals surface area contributed by atoms with Gasteiger partial charge in [-0.1, -0.05) is 0 Å². The maximum Gasteiger partial charge on any atom is 0.506 e. The summed E-state index contributed by atoms with van der Waals surface area (Å²) in [7, 11) is 0. The van der Waals surface area contributed by atoms with Gasteiger partial charge in [-0.05, 0) is 12.1 Å². The normalized spacial score (nSPS) is 18.9. The smallest absolute Gasteiger partial charge is 0.473 e. The topological polar surface area (TPSA) is 68.7 Å². The summed E-state index contributed by atoms with van der Waals surface area (Å²) in [5.74, 6) is 0.453. The van der Waals surface area contributed by atoms with Crippen molar-refractivity contribution in [2.75, 3.05) is 6.61 Å². The minimum Gasteiger partial charge on any atom is -0.473 e. The van der Waals surface area contributed by atoms with Crippen LogP contribution in [-0.4, -0.2) is 22.9 Å². The Bertz CT molecular complexity index is 339. The fourth-order valence-electron chi connectivity index (χ4n) is 1.23. The molecular formula is C8H7NO4. The van der Waals surface area contributed by atoms with Crippen LogP contribution in [0, 0.1) is 0 Å². The summed E-state index contributed by atoms with van der Waals surface area (Å²) in [5.41, 5.74) is 0.685. The summed E-state index contributed by atoms with van der Waals surface area (Å²) in [4.78, 5) is 14.2. The van der Waals surface area contributed by atoms with Gasteiger partial charge in [0.05, 0.1) is 5.56 Å². The van der Waals surface area contributed by atoms with Crippen molar-refractivity contribution in [3.05, 3.63) is 23.9 Å². The van der Waals surface area contributed by atoms with Gasteiger partial charge in [0.2, 0.25) is 5.88 Å². The highest BCUT2D eigenvalue weighted by Gasteiger charge is 2.27. The van der Waals surface area contributed by atoms with E-state index in [2.05, 4.69) is 9.72 Å². The molecule has 13 heavy (non-hydrogen) atoms. The van der Waals surface area contributed by atoms with Gasteiger partial charge in [-0.15, -0.1) is 0 Å². The highest BCUT2D eigenvalue weighted by atomic mass is 16.7. The molecule has 2 rings (SSSR count). The maximum atomic E-state index is 10.3. The first-order valence-corrected chi connectivity index (χ1v) is 3.74. The predicted molar refractivity (Wildman–Crippen MR) is 41.6 cm³/mol. The molecule has 0 unspecified atom stereocenters. The van der Waals surface area contributed by atoms with Crippen molar-refractivity contribution < 1.29 is 19.4 Å². The highest BCUT2D eigenvalue weighted by Crippen LogP contribution is 2.31. The molecule has 0 radical (unpaired) electrons.